The molecule has 1 rings (SSSR count). The molecule has 0 aromatic rings. The summed E-state index contributed by atoms with van der Waals surface area (Å²) in [5.74, 6) is -0.468. The standard InChI is InChI=1S/C52H103O12P/c1-3-5-7-9-11-13-15-17-19-21-22-23-24-26-28-30-32-34-36-38-40-42-61-43-45(44-62-65(59,60)64-52-50(57)48(55)47(54)49(56)51(52)58)63-46(53)41-39-37-35-33-31-29-27-25-20-18-16-14-12-10-8-6-4-2/h45,47-52,54-58H,3-44H2,1-2H3,(H,59,60). The molecular formula is C52H103O12P. The fraction of sp³-hybridized carbons (Fsp3) is 0.981. The minimum Gasteiger partial charge on any atom is -0.457 e. The van der Waals surface area contributed by atoms with Gasteiger partial charge < -0.3 is 39.9 Å². The van der Waals surface area contributed by atoms with Crippen molar-refractivity contribution in [1.82, 2.24) is 0 Å². The van der Waals surface area contributed by atoms with E-state index in [1.165, 1.54) is 199 Å². The summed E-state index contributed by atoms with van der Waals surface area (Å²) in [6.45, 7) is 4.33. The summed E-state index contributed by atoms with van der Waals surface area (Å²) in [6.07, 6.45) is 36.0. The Kier molecular flexibility index (Phi) is 41.6. The van der Waals surface area contributed by atoms with Crippen LogP contribution in [0, 0.1) is 0 Å². The molecule has 0 heterocycles. The highest BCUT2D eigenvalue weighted by Gasteiger charge is 2.51. The molecule has 13 heteroatoms. The lowest BCUT2D eigenvalue weighted by atomic mass is 9.85. The number of phosphoric ester groups is 1. The summed E-state index contributed by atoms with van der Waals surface area (Å²) < 4.78 is 34.4. The Morgan fingerprint density at radius 3 is 1.06 bits per heavy atom. The van der Waals surface area contributed by atoms with E-state index in [2.05, 4.69) is 13.8 Å². The summed E-state index contributed by atoms with van der Waals surface area (Å²) in [5, 5.41) is 50.3. The Hall–Kier alpha value is -0.660. The van der Waals surface area contributed by atoms with Gasteiger partial charge in [0.15, 0.2) is 0 Å². The largest absolute Gasteiger partial charge is 0.472 e. The van der Waals surface area contributed by atoms with Crippen molar-refractivity contribution in [2.45, 2.75) is 307 Å². The third kappa shape index (κ3) is 35.2. The molecule has 0 spiro atoms. The van der Waals surface area contributed by atoms with E-state index in [-0.39, 0.29) is 13.0 Å². The van der Waals surface area contributed by atoms with Gasteiger partial charge in [-0.25, -0.2) is 4.57 Å². The third-order valence-electron chi connectivity index (χ3n) is 13.2. The van der Waals surface area contributed by atoms with Crippen LogP contribution >= 0.6 is 7.82 Å². The molecule has 65 heavy (non-hydrogen) atoms. The number of hydrogen-bond acceptors (Lipinski definition) is 11. The highest BCUT2D eigenvalue weighted by molar-refractivity contribution is 7.47. The third-order valence-corrected chi connectivity index (χ3v) is 14.2. The van der Waals surface area contributed by atoms with Gasteiger partial charge in [-0.3, -0.25) is 13.8 Å². The Morgan fingerprint density at radius 2 is 0.723 bits per heavy atom. The Labute approximate surface area is 397 Å². The number of ether oxygens (including phenoxy) is 2. The molecule has 6 unspecified atom stereocenters. The molecule has 12 nitrogen and oxygen atoms in total. The number of carbonyl (C=O) groups excluding carboxylic acids is 1. The van der Waals surface area contributed by atoms with Crippen molar-refractivity contribution in [3.05, 3.63) is 0 Å². The van der Waals surface area contributed by atoms with Crippen LogP contribution in [0.5, 0.6) is 0 Å². The Bertz CT molecular complexity index is 1080. The average Bonchev–Trinajstić information content (AvgIpc) is 3.29. The normalized spacial score (nSPS) is 21.4. The summed E-state index contributed by atoms with van der Waals surface area (Å²) in [4.78, 5) is 23.3. The van der Waals surface area contributed by atoms with E-state index < -0.39 is 63.1 Å². The molecule has 0 bridgehead atoms. The number of carbonyl (C=O) groups is 1. The molecule has 0 amide bonds. The van der Waals surface area contributed by atoms with E-state index >= 15 is 0 Å². The lowest BCUT2D eigenvalue weighted by Crippen LogP contribution is -2.64. The van der Waals surface area contributed by atoms with Gasteiger partial charge in [0.25, 0.3) is 0 Å². The van der Waals surface area contributed by atoms with Crippen LogP contribution in [-0.2, 0) is 27.9 Å². The SMILES string of the molecule is CCCCCCCCCCCCCCCCCCCCCCCOCC(COP(=O)(O)OC1C(O)C(O)C(O)C(O)C1O)OC(=O)CCCCCCCCCCCCCCCCCCC. The lowest BCUT2D eigenvalue weighted by Gasteiger charge is -2.41. The van der Waals surface area contributed by atoms with E-state index in [9.17, 15) is 39.8 Å². The van der Waals surface area contributed by atoms with E-state index in [1.54, 1.807) is 0 Å². The van der Waals surface area contributed by atoms with Gasteiger partial charge in [0.1, 0.15) is 42.7 Å². The first-order chi connectivity index (χ1) is 31.5. The highest BCUT2D eigenvalue weighted by Crippen LogP contribution is 2.47. The van der Waals surface area contributed by atoms with Gasteiger partial charge in [-0.2, -0.15) is 0 Å². The van der Waals surface area contributed by atoms with Gasteiger partial charge in [0.2, 0.25) is 0 Å². The molecule has 1 aliphatic rings. The van der Waals surface area contributed by atoms with Crippen molar-refractivity contribution in [1.29, 1.82) is 0 Å². The number of hydrogen-bond donors (Lipinski definition) is 6. The van der Waals surface area contributed by atoms with Crippen LogP contribution in [0.25, 0.3) is 0 Å². The van der Waals surface area contributed by atoms with E-state index in [1.807, 2.05) is 0 Å². The molecule has 1 fully saturated rings. The minimum atomic E-state index is -5.02. The molecule has 1 saturated carbocycles. The van der Waals surface area contributed by atoms with Gasteiger partial charge in [-0.15, -0.1) is 0 Å². The van der Waals surface area contributed by atoms with Crippen LogP contribution in [0.15, 0.2) is 0 Å². The smallest absolute Gasteiger partial charge is 0.457 e. The fourth-order valence-corrected chi connectivity index (χ4v) is 9.86. The molecule has 1 aliphatic carbocycles. The zero-order valence-electron chi connectivity index (χ0n) is 41.8. The second-order valence-corrected chi connectivity index (χ2v) is 20.9. The van der Waals surface area contributed by atoms with Gasteiger partial charge in [-0.05, 0) is 12.8 Å². The van der Waals surface area contributed by atoms with Gasteiger partial charge in [0, 0.05) is 13.0 Å². The van der Waals surface area contributed by atoms with Crippen molar-refractivity contribution in [2.75, 3.05) is 19.8 Å². The maximum atomic E-state index is 12.9. The monoisotopic (exact) mass is 951 g/mol. The second kappa shape index (κ2) is 43.4. The average molecular weight is 951 g/mol. The first-order valence-electron chi connectivity index (χ1n) is 27.4. The number of esters is 1. The molecule has 0 aliphatic heterocycles. The maximum Gasteiger partial charge on any atom is 0.472 e. The van der Waals surface area contributed by atoms with Crippen LogP contribution in [0.3, 0.4) is 0 Å². The highest BCUT2D eigenvalue weighted by atomic mass is 31.2. The summed E-state index contributed by atoms with van der Waals surface area (Å²) >= 11 is 0. The Morgan fingerprint density at radius 1 is 0.431 bits per heavy atom. The van der Waals surface area contributed by atoms with E-state index in [0.717, 1.165) is 38.5 Å². The summed E-state index contributed by atoms with van der Waals surface area (Å²) in [5.41, 5.74) is 0. The number of unbranched alkanes of at least 4 members (excludes halogenated alkanes) is 36. The lowest BCUT2D eigenvalue weighted by molar-refractivity contribution is -0.220. The molecule has 6 atom stereocenters. The molecule has 6 N–H and O–H groups in total. The zero-order valence-corrected chi connectivity index (χ0v) is 42.7. The van der Waals surface area contributed by atoms with Crippen molar-refractivity contribution >= 4 is 13.8 Å². The maximum absolute atomic E-state index is 12.9. The molecule has 0 radical (unpaired) electrons. The second-order valence-electron chi connectivity index (χ2n) is 19.5. The zero-order chi connectivity index (χ0) is 47.6. The number of phosphoric acid groups is 1. The molecule has 388 valence electrons. The van der Waals surface area contributed by atoms with Crippen molar-refractivity contribution < 1.29 is 58.3 Å². The molecule has 0 aromatic carbocycles. The van der Waals surface area contributed by atoms with Gasteiger partial charge in [-0.1, -0.05) is 245 Å². The first-order valence-corrected chi connectivity index (χ1v) is 28.9. The number of rotatable bonds is 48. The molecule has 0 aromatic heterocycles. The number of aliphatic hydroxyl groups excluding tert-OH is 5. The fourth-order valence-electron chi connectivity index (χ4n) is 8.89. The Balaban J connectivity index is 2.28. The van der Waals surface area contributed by atoms with Crippen molar-refractivity contribution in [3.8, 4) is 0 Å². The predicted molar refractivity (Wildman–Crippen MR) is 263 cm³/mol. The van der Waals surface area contributed by atoms with Gasteiger partial charge in [0.05, 0.1) is 13.2 Å². The van der Waals surface area contributed by atoms with Crippen molar-refractivity contribution in [2.24, 2.45) is 0 Å². The predicted octanol–water partition coefficient (Wildman–Crippen LogP) is 12.5. The van der Waals surface area contributed by atoms with Crippen LogP contribution in [0.4, 0.5) is 0 Å². The topological polar surface area (TPSA) is 192 Å². The summed E-state index contributed by atoms with van der Waals surface area (Å²) in [7, 11) is -5.02. The number of aliphatic hydroxyl groups is 5. The minimum absolute atomic E-state index is 0.0672. The first kappa shape index (κ1) is 62.4. The van der Waals surface area contributed by atoms with Crippen LogP contribution < -0.4 is 0 Å². The van der Waals surface area contributed by atoms with Crippen LogP contribution in [-0.4, -0.2) is 98.9 Å². The molecule has 0 saturated heterocycles. The van der Waals surface area contributed by atoms with Gasteiger partial charge >= 0.3 is 13.8 Å². The van der Waals surface area contributed by atoms with Crippen LogP contribution in [0.2, 0.25) is 0 Å². The van der Waals surface area contributed by atoms with Crippen molar-refractivity contribution in [3.63, 3.8) is 0 Å². The van der Waals surface area contributed by atoms with Crippen LogP contribution in [0.1, 0.15) is 264 Å². The quantitative estimate of drug-likeness (QED) is 0.0192. The molecular weight excluding hydrogens is 848 g/mol. The van der Waals surface area contributed by atoms with E-state index in [0.29, 0.717) is 13.0 Å². The van der Waals surface area contributed by atoms with E-state index in [4.69, 9.17) is 18.5 Å². The summed E-state index contributed by atoms with van der Waals surface area (Å²) in [6, 6.07) is 0.